The minimum absolute atomic E-state index is 0.165. The Morgan fingerprint density at radius 1 is 1.06 bits per heavy atom. The third-order valence-corrected chi connectivity index (χ3v) is 5.37. The van der Waals surface area contributed by atoms with Crippen molar-refractivity contribution in [3.8, 4) is 0 Å². The second-order valence-electron chi connectivity index (χ2n) is 6.38. The summed E-state index contributed by atoms with van der Waals surface area (Å²) in [5.41, 5.74) is 0.165. The van der Waals surface area contributed by atoms with Gasteiger partial charge in [-0.3, -0.25) is 0 Å². The molecule has 1 N–H and O–H groups in total. The van der Waals surface area contributed by atoms with Gasteiger partial charge in [-0.05, 0) is 50.9 Å². The molecule has 0 aromatic rings. The van der Waals surface area contributed by atoms with Gasteiger partial charge in [0.2, 0.25) is 0 Å². The molecule has 3 unspecified atom stereocenters. The lowest BCUT2D eigenvalue weighted by molar-refractivity contribution is -0.0940. The third kappa shape index (κ3) is 3.27. The van der Waals surface area contributed by atoms with Crippen LogP contribution in [-0.2, 0) is 4.74 Å². The highest BCUT2D eigenvalue weighted by Crippen LogP contribution is 2.33. The maximum Gasteiger partial charge on any atom is 0.0692 e. The van der Waals surface area contributed by atoms with Gasteiger partial charge in [0.25, 0.3) is 0 Å². The predicted octanol–water partition coefficient (Wildman–Crippen LogP) is 3.89. The molecule has 0 aromatic heterocycles. The molecule has 1 aliphatic carbocycles. The minimum Gasteiger partial charge on any atom is -0.375 e. The van der Waals surface area contributed by atoms with Gasteiger partial charge in [0, 0.05) is 18.7 Å². The van der Waals surface area contributed by atoms with Gasteiger partial charge in [-0.25, -0.2) is 0 Å². The van der Waals surface area contributed by atoms with Gasteiger partial charge in [-0.1, -0.05) is 27.2 Å². The van der Waals surface area contributed by atoms with E-state index in [0.29, 0.717) is 6.04 Å². The molecule has 2 fully saturated rings. The minimum atomic E-state index is 0.165. The molecule has 1 heterocycles. The summed E-state index contributed by atoms with van der Waals surface area (Å²) in [6.07, 6.45) is 10.3. The number of nitrogens with one attached hydrogen (secondary N) is 1. The van der Waals surface area contributed by atoms with E-state index in [1.165, 1.54) is 38.5 Å². The van der Waals surface area contributed by atoms with Gasteiger partial charge in [0.05, 0.1) is 5.60 Å². The van der Waals surface area contributed by atoms with Crippen LogP contribution in [0, 0.1) is 5.92 Å². The van der Waals surface area contributed by atoms with E-state index < -0.39 is 0 Å². The van der Waals surface area contributed by atoms with Crippen molar-refractivity contribution in [3.05, 3.63) is 0 Å². The summed E-state index contributed by atoms with van der Waals surface area (Å²) >= 11 is 0. The average molecular weight is 253 g/mol. The normalized spacial score (nSPS) is 35.8. The first kappa shape index (κ1) is 14.3. The zero-order valence-corrected chi connectivity index (χ0v) is 12.5. The van der Waals surface area contributed by atoms with Crippen molar-refractivity contribution in [1.82, 2.24) is 5.32 Å². The molecule has 0 radical (unpaired) electrons. The monoisotopic (exact) mass is 253 g/mol. The third-order valence-electron chi connectivity index (χ3n) is 5.37. The Bertz CT molecular complexity index is 249. The molecule has 1 saturated heterocycles. The van der Waals surface area contributed by atoms with E-state index in [9.17, 15) is 0 Å². The number of hydrogen-bond acceptors (Lipinski definition) is 2. The zero-order chi connectivity index (χ0) is 13.0. The highest BCUT2D eigenvalue weighted by Gasteiger charge is 2.36. The van der Waals surface area contributed by atoms with E-state index in [1.807, 2.05) is 0 Å². The SMILES string of the molecule is CCC1CCC(NC2CCOC(CC)(CC)C2)C1. The van der Waals surface area contributed by atoms with Crippen molar-refractivity contribution in [2.45, 2.75) is 89.8 Å². The van der Waals surface area contributed by atoms with Crippen LogP contribution in [0.4, 0.5) is 0 Å². The van der Waals surface area contributed by atoms with Crippen LogP contribution < -0.4 is 5.32 Å². The molecule has 0 aromatic carbocycles. The average Bonchev–Trinajstić information content (AvgIpc) is 2.86. The van der Waals surface area contributed by atoms with E-state index in [2.05, 4.69) is 26.1 Å². The van der Waals surface area contributed by atoms with Gasteiger partial charge in [-0.2, -0.15) is 0 Å². The Balaban J connectivity index is 1.83. The fraction of sp³-hybridized carbons (Fsp3) is 1.00. The number of ether oxygens (including phenoxy) is 1. The molecule has 2 rings (SSSR count). The van der Waals surface area contributed by atoms with Crippen LogP contribution in [0.2, 0.25) is 0 Å². The fourth-order valence-electron chi connectivity index (χ4n) is 3.84. The molecule has 0 spiro atoms. The Morgan fingerprint density at radius 3 is 2.44 bits per heavy atom. The van der Waals surface area contributed by atoms with Gasteiger partial charge in [-0.15, -0.1) is 0 Å². The second-order valence-corrected chi connectivity index (χ2v) is 6.38. The maximum atomic E-state index is 6.06. The van der Waals surface area contributed by atoms with Crippen LogP contribution in [0.25, 0.3) is 0 Å². The van der Waals surface area contributed by atoms with Crippen LogP contribution in [0.3, 0.4) is 0 Å². The summed E-state index contributed by atoms with van der Waals surface area (Å²) in [5, 5.41) is 3.93. The lowest BCUT2D eigenvalue weighted by Gasteiger charge is -2.41. The van der Waals surface area contributed by atoms with Gasteiger partial charge < -0.3 is 10.1 Å². The van der Waals surface area contributed by atoms with Crippen LogP contribution in [-0.4, -0.2) is 24.3 Å². The van der Waals surface area contributed by atoms with E-state index in [-0.39, 0.29) is 5.60 Å². The summed E-state index contributed by atoms with van der Waals surface area (Å²) in [5.74, 6) is 0.976. The quantitative estimate of drug-likeness (QED) is 0.802. The molecule has 2 nitrogen and oxygen atoms in total. The molecule has 0 bridgehead atoms. The summed E-state index contributed by atoms with van der Waals surface area (Å²) in [6, 6.07) is 1.48. The van der Waals surface area contributed by atoms with Crippen LogP contribution >= 0.6 is 0 Å². The first-order valence-electron chi connectivity index (χ1n) is 8.11. The second kappa shape index (κ2) is 6.38. The van der Waals surface area contributed by atoms with Crippen molar-refractivity contribution in [2.24, 2.45) is 5.92 Å². The van der Waals surface area contributed by atoms with Gasteiger partial charge in [0.15, 0.2) is 0 Å². The van der Waals surface area contributed by atoms with Crippen LogP contribution in [0.1, 0.15) is 72.1 Å². The van der Waals surface area contributed by atoms with E-state index in [1.54, 1.807) is 0 Å². The van der Waals surface area contributed by atoms with E-state index in [4.69, 9.17) is 4.74 Å². The molecular formula is C16H31NO. The van der Waals surface area contributed by atoms with Gasteiger partial charge in [0.1, 0.15) is 0 Å². The summed E-state index contributed by atoms with van der Waals surface area (Å²) in [6.45, 7) is 7.83. The molecule has 2 heteroatoms. The van der Waals surface area contributed by atoms with Crippen molar-refractivity contribution >= 4 is 0 Å². The largest absolute Gasteiger partial charge is 0.375 e. The fourth-order valence-corrected chi connectivity index (χ4v) is 3.84. The highest BCUT2D eigenvalue weighted by atomic mass is 16.5. The van der Waals surface area contributed by atoms with Crippen LogP contribution in [0.5, 0.6) is 0 Å². The predicted molar refractivity (Wildman–Crippen MR) is 76.8 cm³/mol. The Morgan fingerprint density at radius 2 is 1.83 bits per heavy atom. The topological polar surface area (TPSA) is 21.3 Å². The van der Waals surface area contributed by atoms with Crippen molar-refractivity contribution < 1.29 is 4.74 Å². The first-order chi connectivity index (χ1) is 8.71. The Hall–Kier alpha value is -0.0800. The highest BCUT2D eigenvalue weighted by molar-refractivity contribution is 4.91. The molecule has 18 heavy (non-hydrogen) atoms. The number of rotatable bonds is 5. The molecular weight excluding hydrogens is 222 g/mol. The van der Waals surface area contributed by atoms with Gasteiger partial charge >= 0.3 is 0 Å². The number of hydrogen-bond donors (Lipinski definition) is 1. The van der Waals surface area contributed by atoms with Crippen LogP contribution in [0.15, 0.2) is 0 Å². The smallest absolute Gasteiger partial charge is 0.0692 e. The standard InChI is InChI=1S/C16H31NO/c1-4-13-7-8-14(11-13)17-15-9-10-18-16(5-2,6-3)12-15/h13-15,17H,4-12H2,1-3H3. The zero-order valence-electron chi connectivity index (χ0n) is 12.5. The molecule has 0 amide bonds. The molecule has 2 aliphatic rings. The molecule has 3 atom stereocenters. The Labute approximate surface area is 113 Å². The Kier molecular flexibility index (Phi) is 5.08. The van der Waals surface area contributed by atoms with E-state index >= 15 is 0 Å². The van der Waals surface area contributed by atoms with Crippen molar-refractivity contribution in [2.75, 3.05) is 6.61 Å². The maximum absolute atomic E-state index is 6.06. The van der Waals surface area contributed by atoms with Crippen molar-refractivity contribution in [3.63, 3.8) is 0 Å². The first-order valence-corrected chi connectivity index (χ1v) is 8.11. The van der Waals surface area contributed by atoms with E-state index in [0.717, 1.165) is 31.4 Å². The van der Waals surface area contributed by atoms with Crippen molar-refractivity contribution in [1.29, 1.82) is 0 Å². The summed E-state index contributed by atoms with van der Waals surface area (Å²) in [7, 11) is 0. The molecule has 1 saturated carbocycles. The molecule has 106 valence electrons. The summed E-state index contributed by atoms with van der Waals surface area (Å²) in [4.78, 5) is 0. The summed E-state index contributed by atoms with van der Waals surface area (Å²) < 4.78 is 6.06. The lowest BCUT2D eigenvalue weighted by Crippen LogP contribution is -2.48. The lowest BCUT2D eigenvalue weighted by atomic mass is 9.85. The molecule has 1 aliphatic heterocycles.